The zero-order valence-electron chi connectivity index (χ0n) is 15.3. The number of nitrogens with zero attached hydrogens (tertiary/aromatic N) is 1. The van der Waals surface area contributed by atoms with Gasteiger partial charge in [-0.2, -0.15) is 0 Å². The number of hydrogen-bond donors (Lipinski definition) is 1. The number of carbonyl (C=O) groups excluding carboxylic acids is 1. The summed E-state index contributed by atoms with van der Waals surface area (Å²) in [4.78, 5) is 25.8. The second-order valence-electron chi connectivity index (χ2n) is 6.22. The second-order valence-corrected chi connectivity index (χ2v) is 8.39. The first-order chi connectivity index (χ1) is 12.3. The Hall–Kier alpha value is -1.73. The molecule has 5 nitrogen and oxygen atoms in total. The second kappa shape index (κ2) is 8.77. The fourth-order valence-electron chi connectivity index (χ4n) is 2.58. The van der Waals surface area contributed by atoms with E-state index in [1.807, 2.05) is 30.5 Å². The molecule has 1 aromatic heterocycles. The lowest BCUT2D eigenvalue weighted by atomic mass is 10.1. The fraction of sp³-hybridized carbons (Fsp3) is 0.368. The third-order valence-electron chi connectivity index (χ3n) is 4.44. The van der Waals surface area contributed by atoms with Crippen molar-refractivity contribution < 1.29 is 9.00 Å². The largest absolute Gasteiger partial charge is 0.348 e. The molecule has 1 heterocycles. The number of aromatic nitrogens is 1. The van der Waals surface area contributed by atoms with Crippen LogP contribution in [-0.2, 0) is 17.3 Å². The van der Waals surface area contributed by atoms with Crippen molar-refractivity contribution in [2.75, 3.05) is 6.26 Å². The number of rotatable bonds is 6. The van der Waals surface area contributed by atoms with E-state index in [9.17, 15) is 13.8 Å². The van der Waals surface area contributed by atoms with Crippen LogP contribution >= 0.6 is 15.9 Å². The molecule has 7 heteroatoms. The van der Waals surface area contributed by atoms with Crippen LogP contribution in [0.3, 0.4) is 0 Å². The SMILES string of the molecule is CCC(C)n1cc(C(=O)NCc2ccc(S(C)=O)cc2)c(=O)c(Br)c1C. The minimum atomic E-state index is -1.03. The van der Waals surface area contributed by atoms with Gasteiger partial charge in [0.05, 0.1) is 4.47 Å². The molecule has 1 N–H and O–H groups in total. The molecular weight excluding hydrogens is 416 g/mol. The summed E-state index contributed by atoms with van der Waals surface area (Å²) in [6.07, 6.45) is 4.14. The van der Waals surface area contributed by atoms with Gasteiger partial charge in [0.1, 0.15) is 5.56 Å². The van der Waals surface area contributed by atoms with Crippen LogP contribution in [0.15, 0.2) is 44.6 Å². The van der Waals surface area contributed by atoms with Crippen molar-refractivity contribution in [2.45, 2.75) is 44.7 Å². The molecule has 1 aromatic carbocycles. The molecule has 0 saturated carbocycles. The van der Waals surface area contributed by atoms with Gasteiger partial charge in [-0.3, -0.25) is 13.8 Å². The molecule has 2 atom stereocenters. The molecule has 0 bridgehead atoms. The number of benzene rings is 1. The van der Waals surface area contributed by atoms with Gasteiger partial charge in [0.2, 0.25) is 5.43 Å². The minimum absolute atomic E-state index is 0.119. The highest BCUT2D eigenvalue weighted by molar-refractivity contribution is 9.10. The van der Waals surface area contributed by atoms with Crippen molar-refractivity contribution in [3.8, 4) is 0 Å². The summed E-state index contributed by atoms with van der Waals surface area (Å²) in [5.41, 5.74) is 1.50. The molecular formula is C19H23BrN2O3S. The molecule has 26 heavy (non-hydrogen) atoms. The maximum atomic E-state index is 12.5. The number of hydrogen-bond acceptors (Lipinski definition) is 3. The predicted octanol–water partition coefficient (Wildman–Crippen LogP) is 3.56. The van der Waals surface area contributed by atoms with Gasteiger partial charge in [0.15, 0.2) is 0 Å². The standard InChI is InChI=1S/C19H23BrN2O3S/c1-5-12(2)22-11-16(18(23)17(20)13(22)3)19(24)21-10-14-6-8-15(9-7-14)26(4)25/h6-9,11-12H,5,10H2,1-4H3,(H,21,24). The van der Waals surface area contributed by atoms with Crippen molar-refractivity contribution in [1.29, 1.82) is 0 Å². The first-order valence-electron chi connectivity index (χ1n) is 8.38. The topological polar surface area (TPSA) is 68.2 Å². The molecule has 0 fully saturated rings. The van der Waals surface area contributed by atoms with Crippen LogP contribution in [0.25, 0.3) is 0 Å². The van der Waals surface area contributed by atoms with E-state index in [0.717, 1.165) is 22.6 Å². The summed E-state index contributed by atoms with van der Waals surface area (Å²) in [6, 6.07) is 7.37. The molecule has 0 spiro atoms. The fourth-order valence-corrected chi connectivity index (χ4v) is 3.52. The zero-order valence-corrected chi connectivity index (χ0v) is 17.7. The Kier molecular flexibility index (Phi) is 6.94. The molecule has 0 aliphatic heterocycles. The molecule has 0 aliphatic carbocycles. The number of carbonyl (C=O) groups is 1. The molecule has 0 radical (unpaired) electrons. The normalized spacial score (nSPS) is 13.3. The molecule has 140 valence electrons. The maximum Gasteiger partial charge on any atom is 0.257 e. The van der Waals surface area contributed by atoms with E-state index in [1.165, 1.54) is 0 Å². The van der Waals surface area contributed by atoms with Crippen LogP contribution in [-0.4, -0.2) is 20.9 Å². The van der Waals surface area contributed by atoms with E-state index in [1.54, 1.807) is 24.6 Å². The summed E-state index contributed by atoms with van der Waals surface area (Å²) < 4.78 is 13.8. The van der Waals surface area contributed by atoms with Crippen LogP contribution in [0.2, 0.25) is 0 Å². The van der Waals surface area contributed by atoms with Gasteiger partial charge in [-0.1, -0.05) is 19.1 Å². The van der Waals surface area contributed by atoms with Crippen molar-refractivity contribution in [1.82, 2.24) is 9.88 Å². The van der Waals surface area contributed by atoms with E-state index in [2.05, 4.69) is 28.2 Å². The third-order valence-corrected chi connectivity index (χ3v) is 6.31. The lowest BCUT2D eigenvalue weighted by Gasteiger charge is -2.19. The highest BCUT2D eigenvalue weighted by atomic mass is 79.9. The molecule has 2 aromatic rings. The van der Waals surface area contributed by atoms with Crippen LogP contribution in [0.1, 0.15) is 47.9 Å². The smallest absolute Gasteiger partial charge is 0.257 e. The predicted molar refractivity (Wildman–Crippen MR) is 108 cm³/mol. The average molecular weight is 439 g/mol. The Morgan fingerprint density at radius 3 is 2.46 bits per heavy atom. The summed E-state index contributed by atoms with van der Waals surface area (Å²) in [5, 5.41) is 2.79. The van der Waals surface area contributed by atoms with E-state index in [0.29, 0.717) is 11.0 Å². The first kappa shape index (κ1) is 20.6. The monoisotopic (exact) mass is 438 g/mol. The number of halogens is 1. The minimum Gasteiger partial charge on any atom is -0.348 e. The lowest BCUT2D eigenvalue weighted by Crippen LogP contribution is -2.30. The Labute approximate surface area is 164 Å². The van der Waals surface area contributed by atoms with Gasteiger partial charge in [-0.05, 0) is 53.9 Å². The maximum absolute atomic E-state index is 12.5. The Bertz CT molecular complexity index is 891. The van der Waals surface area contributed by atoms with Crippen molar-refractivity contribution in [2.24, 2.45) is 0 Å². The quantitative estimate of drug-likeness (QED) is 0.749. The summed E-state index contributed by atoms with van der Waals surface area (Å²) in [7, 11) is -1.03. The van der Waals surface area contributed by atoms with Crippen LogP contribution in [0, 0.1) is 6.92 Å². The number of pyridine rings is 1. The highest BCUT2D eigenvalue weighted by Gasteiger charge is 2.18. The lowest BCUT2D eigenvalue weighted by molar-refractivity contribution is 0.0948. The molecule has 1 amide bonds. The zero-order chi connectivity index (χ0) is 19.4. The van der Waals surface area contributed by atoms with Crippen LogP contribution < -0.4 is 10.7 Å². The number of nitrogens with one attached hydrogen (secondary N) is 1. The summed E-state index contributed by atoms with van der Waals surface area (Å²) >= 11 is 3.32. The van der Waals surface area contributed by atoms with Gasteiger partial charge in [-0.15, -0.1) is 0 Å². The Balaban J connectivity index is 2.22. The Morgan fingerprint density at radius 1 is 1.31 bits per heavy atom. The summed E-state index contributed by atoms with van der Waals surface area (Å²) in [6.45, 7) is 6.26. The molecule has 0 saturated heterocycles. The van der Waals surface area contributed by atoms with E-state index >= 15 is 0 Å². The van der Waals surface area contributed by atoms with Gasteiger partial charge in [0.25, 0.3) is 5.91 Å². The van der Waals surface area contributed by atoms with Crippen molar-refractivity contribution >= 4 is 32.6 Å². The number of amides is 1. The summed E-state index contributed by atoms with van der Waals surface area (Å²) in [5.74, 6) is -0.407. The third kappa shape index (κ3) is 4.51. The van der Waals surface area contributed by atoms with E-state index < -0.39 is 16.7 Å². The Morgan fingerprint density at radius 2 is 1.92 bits per heavy atom. The highest BCUT2D eigenvalue weighted by Crippen LogP contribution is 2.19. The van der Waals surface area contributed by atoms with Crippen LogP contribution in [0.4, 0.5) is 0 Å². The van der Waals surface area contributed by atoms with Gasteiger partial charge >= 0.3 is 0 Å². The van der Waals surface area contributed by atoms with Crippen molar-refractivity contribution in [3.05, 3.63) is 62.0 Å². The van der Waals surface area contributed by atoms with Gasteiger partial charge in [-0.25, -0.2) is 0 Å². The van der Waals surface area contributed by atoms with E-state index in [-0.39, 0.29) is 17.0 Å². The van der Waals surface area contributed by atoms with E-state index in [4.69, 9.17) is 0 Å². The molecule has 2 unspecified atom stereocenters. The van der Waals surface area contributed by atoms with Crippen molar-refractivity contribution in [3.63, 3.8) is 0 Å². The van der Waals surface area contributed by atoms with Gasteiger partial charge < -0.3 is 9.88 Å². The van der Waals surface area contributed by atoms with Crippen LogP contribution in [0.5, 0.6) is 0 Å². The first-order valence-corrected chi connectivity index (χ1v) is 10.7. The average Bonchev–Trinajstić information content (AvgIpc) is 2.64. The molecule has 0 aliphatic rings. The molecule has 2 rings (SSSR count). The van der Waals surface area contributed by atoms with Gasteiger partial charge in [0, 0.05) is 46.4 Å².